The zero-order chi connectivity index (χ0) is 13.8. The van der Waals surface area contributed by atoms with Gasteiger partial charge in [-0.05, 0) is 34.1 Å². The summed E-state index contributed by atoms with van der Waals surface area (Å²) in [6, 6.07) is 4.28. The highest BCUT2D eigenvalue weighted by Crippen LogP contribution is 2.22. The standard InChI is InChI=1S/C11H7BrCl2N4O/c12-9-4-16-10(5-15-9)18-11(19)17-8-2-6(13)1-7(14)3-8/h1-5H,(H2,16,17,18,19). The van der Waals surface area contributed by atoms with Gasteiger partial charge in [-0.25, -0.2) is 14.8 Å². The van der Waals surface area contributed by atoms with Gasteiger partial charge in [-0.2, -0.15) is 0 Å². The van der Waals surface area contributed by atoms with Gasteiger partial charge in [0.05, 0.1) is 12.4 Å². The molecule has 2 rings (SSSR count). The number of benzene rings is 1. The fourth-order valence-electron chi connectivity index (χ4n) is 1.28. The molecule has 1 aromatic heterocycles. The summed E-state index contributed by atoms with van der Waals surface area (Å²) in [4.78, 5) is 19.6. The van der Waals surface area contributed by atoms with E-state index in [1.807, 2.05) is 0 Å². The largest absolute Gasteiger partial charge is 0.324 e. The molecule has 0 aliphatic heterocycles. The molecule has 0 atom stereocenters. The Morgan fingerprint density at radius 2 is 1.74 bits per heavy atom. The maximum atomic E-state index is 11.7. The van der Waals surface area contributed by atoms with Crippen molar-refractivity contribution < 1.29 is 4.79 Å². The smallest absolute Gasteiger partial charge is 0.308 e. The van der Waals surface area contributed by atoms with Gasteiger partial charge in [-0.15, -0.1) is 0 Å². The topological polar surface area (TPSA) is 66.9 Å². The molecule has 2 amide bonds. The molecule has 8 heteroatoms. The van der Waals surface area contributed by atoms with Crippen LogP contribution in [0.1, 0.15) is 0 Å². The van der Waals surface area contributed by atoms with Crippen molar-refractivity contribution in [1.29, 1.82) is 0 Å². The third-order valence-corrected chi connectivity index (χ3v) is 2.83. The number of nitrogens with one attached hydrogen (secondary N) is 2. The van der Waals surface area contributed by atoms with Crippen LogP contribution < -0.4 is 10.6 Å². The first-order valence-electron chi connectivity index (χ1n) is 5.04. The molecule has 5 nitrogen and oxygen atoms in total. The lowest BCUT2D eigenvalue weighted by molar-refractivity contribution is 0.262. The van der Waals surface area contributed by atoms with Gasteiger partial charge in [0.15, 0.2) is 5.82 Å². The fraction of sp³-hybridized carbons (Fsp3) is 0. The minimum absolute atomic E-state index is 0.328. The van der Waals surface area contributed by atoms with E-state index in [1.54, 1.807) is 18.2 Å². The summed E-state index contributed by atoms with van der Waals surface area (Å²) in [5.74, 6) is 0.328. The normalized spacial score (nSPS) is 10.1. The second-order valence-corrected chi connectivity index (χ2v) is 5.15. The summed E-state index contributed by atoms with van der Waals surface area (Å²) in [6.45, 7) is 0. The summed E-state index contributed by atoms with van der Waals surface area (Å²) < 4.78 is 0.583. The van der Waals surface area contributed by atoms with Crippen molar-refractivity contribution in [2.24, 2.45) is 0 Å². The van der Waals surface area contributed by atoms with Crippen molar-refractivity contribution in [2.45, 2.75) is 0 Å². The summed E-state index contributed by atoms with van der Waals surface area (Å²) in [5, 5.41) is 5.99. The van der Waals surface area contributed by atoms with Crippen LogP contribution in [0.4, 0.5) is 16.3 Å². The molecule has 0 fully saturated rings. The highest BCUT2D eigenvalue weighted by atomic mass is 79.9. The lowest BCUT2D eigenvalue weighted by Gasteiger charge is -2.07. The van der Waals surface area contributed by atoms with E-state index < -0.39 is 6.03 Å². The van der Waals surface area contributed by atoms with Crippen molar-refractivity contribution >= 4 is 56.7 Å². The van der Waals surface area contributed by atoms with Gasteiger partial charge in [-0.3, -0.25) is 5.32 Å². The number of hydrogen-bond acceptors (Lipinski definition) is 3. The quantitative estimate of drug-likeness (QED) is 0.842. The Balaban J connectivity index is 2.03. The molecular weight excluding hydrogens is 355 g/mol. The minimum atomic E-state index is -0.463. The molecule has 19 heavy (non-hydrogen) atoms. The van der Waals surface area contributed by atoms with Crippen LogP contribution in [0.25, 0.3) is 0 Å². The second kappa shape index (κ2) is 6.18. The van der Waals surface area contributed by atoms with Crippen molar-refractivity contribution in [3.63, 3.8) is 0 Å². The molecule has 0 aliphatic rings. The zero-order valence-corrected chi connectivity index (χ0v) is 12.4. The Morgan fingerprint density at radius 1 is 1.05 bits per heavy atom. The van der Waals surface area contributed by atoms with Crippen LogP contribution in [-0.4, -0.2) is 16.0 Å². The van der Waals surface area contributed by atoms with Gasteiger partial charge < -0.3 is 5.32 Å². The number of urea groups is 1. The monoisotopic (exact) mass is 360 g/mol. The summed E-state index contributed by atoms with van der Waals surface area (Å²) in [7, 11) is 0. The number of aromatic nitrogens is 2. The first-order valence-corrected chi connectivity index (χ1v) is 6.59. The second-order valence-electron chi connectivity index (χ2n) is 3.46. The molecule has 0 bridgehead atoms. The highest BCUT2D eigenvalue weighted by Gasteiger charge is 2.05. The molecule has 98 valence electrons. The predicted molar refractivity (Wildman–Crippen MR) is 78.8 cm³/mol. The molecule has 0 saturated heterocycles. The van der Waals surface area contributed by atoms with Crippen molar-refractivity contribution in [3.05, 3.63) is 45.2 Å². The minimum Gasteiger partial charge on any atom is -0.308 e. The Bertz CT molecular complexity index is 586. The average Bonchev–Trinajstić information content (AvgIpc) is 2.30. The molecule has 0 spiro atoms. The maximum Gasteiger partial charge on any atom is 0.324 e. The van der Waals surface area contributed by atoms with Crippen LogP contribution in [0.3, 0.4) is 0 Å². The molecule has 1 heterocycles. The van der Waals surface area contributed by atoms with Crippen LogP contribution >= 0.6 is 39.1 Å². The van der Waals surface area contributed by atoms with E-state index in [4.69, 9.17) is 23.2 Å². The number of nitrogens with zero attached hydrogens (tertiary/aromatic N) is 2. The van der Waals surface area contributed by atoms with Crippen molar-refractivity contribution in [1.82, 2.24) is 9.97 Å². The molecule has 1 aromatic carbocycles. The summed E-state index contributed by atoms with van der Waals surface area (Å²) >= 11 is 14.8. The van der Waals surface area contributed by atoms with E-state index in [1.165, 1.54) is 12.4 Å². The number of carbonyl (C=O) groups is 1. The molecular formula is C11H7BrCl2N4O. The van der Waals surface area contributed by atoms with Crippen molar-refractivity contribution in [2.75, 3.05) is 10.6 Å². The first kappa shape index (κ1) is 14.0. The van der Waals surface area contributed by atoms with Crippen LogP contribution in [-0.2, 0) is 0 Å². The lowest BCUT2D eigenvalue weighted by Crippen LogP contribution is -2.20. The van der Waals surface area contributed by atoms with Crippen LogP contribution in [0, 0.1) is 0 Å². The number of rotatable bonds is 2. The third kappa shape index (κ3) is 4.34. The van der Waals surface area contributed by atoms with E-state index in [2.05, 4.69) is 36.5 Å². The van der Waals surface area contributed by atoms with Crippen molar-refractivity contribution in [3.8, 4) is 0 Å². The van der Waals surface area contributed by atoms with Crippen LogP contribution in [0.15, 0.2) is 35.2 Å². The van der Waals surface area contributed by atoms with E-state index in [-0.39, 0.29) is 0 Å². The van der Waals surface area contributed by atoms with E-state index >= 15 is 0 Å². The number of hydrogen-bond donors (Lipinski definition) is 2. The van der Waals surface area contributed by atoms with E-state index in [9.17, 15) is 4.79 Å². The Morgan fingerprint density at radius 3 is 2.32 bits per heavy atom. The SMILES string of the molecule is O=C(Nc1cc(Cl)cc(Cl)c1)Nc1cnc(Br)cn1. The lowest BCUT2D eigenvalue weighted by atomic mass is 10.3. The summed E-state index contributed by atoms with van der Waals surface area (Å²) in [6.07, 6.45) is 2.90. The molecule has 2 aromatic rings. The molecule has 2 N–H and O–H groups in total. The van der Waals surface area contributed by atoms with Crippen LogP contribution in [0.2, 0.25) is 10.0 Å². The van der Waals surface area contributed by atoms with Crippen LogP contribution in [0.5, 0.6) is 0 Å². The van der Waals surface area contributed by atoms with Gasteiger partial charge in [-0.1, -0.05) is 23.2 Å². The Hall–Kier alpha value is -1.37. The summed E-state index contributed by atoms with van der Waals surface area (Å²) in [5.41, 5.74) is 0.486. The van der Waals surface area contributed by atoms with E-state index in [0.29, 0.717) is 26.2 Å². The Kier molecular flexibility index (Phi) is 4.57. The molecule has 0 unspecified atom stereocenters. The van der Waals surface area contributed by atoms with Gasteiger partial charge in [0.2, 0.25) is 0 Å². The number of carbonyl (C=O) groups excluding carboxylic acids is 1. The van der Waals surface area contributed by atoms with E-state index in [0.717, 1.165) is 0 Å². The predicted octanol–water partition coefficient (Wildman–Crippen LogP) is 4.19. The molecule has 0 aliphatic carbocycles. The molecule has 0 saturated carbocycles. The number of anilines is 2. The average molecular weight is 362 g/mol. The van der Waals surface area contributed by atoms with Gasteiger partial charge in [0.1, 0.15) is 4.60 Å². The highest BCUT2D eigenvalue weighted by molar-refractivity contribution is 9.10. The number of halogens is 3. The zero-order valence-electron chi connectivity index (χ0n) is 9.32. The van der Waals surface area contributed by atoms with Gasteiger partial charge in [0.25, 0.3) is 0 Å². The van der Waals surface area contributed by atoms with Gasteiger partial charge >= 0.3 is 6.03 Å². The third-order valence-electron chi connectivity index (χ3n) is 1.98. The Labute approximate surface area is 127 Å². The van der Waals surface area contributed by atoms with Gasteiger partial charge in [0, 0.05) is 15.7 Å². The fourth-order valence-corrected chi connectivity index (χ4v) is 2.01. The molecule has 0 radical (unpaired) electrons. The maximum absolute atomic E-state index is 11.7. The number of amides is 2. The first-order chi connectivity index (χ1) is 9.02.